The highest BCUT2D eigenvalue weighted by molar-refractivity contribution is 7.18. The van der Waals surface area contributed by atoms with E-state index in [0.29, 0.717) is 28.3 Å². The van der Waals surface area contributed by atoms with Crippen molar-refractivity contribution in [2.75, 3.05) is 6.61 Å². The largest absolute Gasteiger partial charge is 0.511 e. The molecule has 7 heteroatoms. The molecule has 6 nitrogen and oxygen atoms in total. The van der Waals surface area contributed by atoms with Crippen LogP contribution in [0.5, 0.6) is 0 Å². The zero-order valence-electron chi connectivity index (χ0n) is 15.6. The third kappa shape index (κ3) is 4.09. The lowest BCUT2D eigenvalue weighted by molar-refractivity contribution is -0.117. The van der Waals surface area contributed by atoms with Crippen molar-refractivity contribution in [2.24, 2.45) is 10.4 Å². The van der Waals surface area contributed by atoms with Crippen LogP contribution in [0.1, 0.15) is 66.1 Å². The van der Waals surface area contributed by atoms with Gasteiger partial charge in [-0.3, -0.25) is 9.59 Å². The highest BCUT2D eigenvalue weighted by Gasteiger charge is 2.32. The number of carbonyl (C=O) groups is 3. The summed E-state index contributed by atoms with van der Waals surface area (Å²) in [6, 6.07) is 0. The van der Waals surface area contributed by atoms with Gasteiger partial charge < -0.3 is 9.84 Å². The molecule has 0 saturated carbocycles. The number of esters is 1. The number of ketones is 2. The van der Waals surface area contributed by atoms with Gasteiger partial charge in [-0.1, -0.05) is 13.8 Å². The van der Waals surface area contributed by atoms with Crippen LogP contribution >= 0.6 is 11.3 Å². The molecule has 0 amide bonds. The van der Waals surface area contributed by atoms with Gasteiger partial charge in [0.05, 0.1) is 22.6 Å². The van der Waals surface area contributed by atoms with Gasteiger partial charge in [0.1, 0.15) is 10.8 Å². The fourth-order valence-corrected chi connectivity index (χ4v) is 3.98. The number of carbonyl (C=O) groups excluding carboxylic acids is 3. The number of aliphatic hydroxyl groups is 1. The van der Waals surface area contributed by atoms with E-state index >= 15 is 0 Å². The highest BCUT2D eigenvalue weighted by Crippen LogP contribution is 2.38. The number of hydrogen-bond donors (Lipinski definition) is 1. The Morgan fingerprint density at radius 1 is 1.35 bits per heavy atom. The molecule has 0 unspecified atom stereocenters. The number of Topliss-reactive ketones (excluding diaryl/α,β-unsaturated/α-hetero) is 2. The van der Waals surface area contributed by atoms with Crippen molar-refractivity contribution in [3.05, 3.63) is 27.3 Å². The van der Waals surface area contributed by atoms with E-state index in [0.717, 1.165) is 11.3 Å². The van der Waals surface area contributed by atoms with Crippen LogP contribution in [-0.2, 0) is 9.53 Å². The summed E-state index contributed by atoms with van der Waals surface area (Å²) in [5.74, 6) is -0.930. The van der Waals surface area contributed by atoms with Gasteiger partial charge in [-0.2, -0.15) is 0 Å². The van der Waals surface area contributed by atoms with E-state index in [1.165, 1.54) is 13.1 Å². The topological polar surface area (TPSA) is 93.0 Å². The lowest BCUT2D eigenvalue weighted by Gasteiger charge is -2.28. The Morgan fingerprint density at radius 3 is 2.54 bits per heavy atom. The van der Waals surface area contributed by atoms with E-state index in [1.807, 2.05) is 13.8 Å². The minimum atomic E-state index is -0.560. The molecule has 1 aromatic rings. The SMILES string of the molecule is CCOC(=O)c1c(N=CC2=C(O)CC(C)(C)CC2=O)sc(C(C)=O)c1C. The van der Waals surface area contributed by atoms with Crippen molar-refractivity contribution < 1.29 is 24.2 Å². The third-order valence-corrected chi connectivity index (χ3v) is 5.44. The zero-order chi connectivity index (χ0) is 19.6. The Kier molecular flexibility index (Phi) is 5.81. The van der Waals surface area contributed by atoms with Crippen LogP contribution in [0.3, 0.4) is 0 Å². The Hall–Kier alpha value is -2.28. The number of thiophene rings is 1. The van der Waals surface area contributed by atoms with Crippen LogP contribution < -0.4 is 0 Å². The molecule has 1 aliphatic carbocycles. The van der Waals surface area contributed by atoms with Gasteiger partial charge in [-0.05, 0) is 31.7 Å². The Labute approximate surface area is 156 Å². The molecule has 0 bridgehead atoms. The molecule has 1 aromatic heterocycles. The first-order valence-corrected chi connectivity index (χ1v) is 9.20. The van der Waals surface area contributed by atoms with E-state index in [1.54, 1.807) is 13.8 Å². The van der Waals surface area contributed by atoms with Crippen LogP contribution in [0.2, 0.25) is 0 Å². The number of aliphatic hydroxyl groups excluding tert-OH is 1. The maximum atomic E-state index is 12.3. The van der Waals surface area contributed by atoms with Crippen LogP contribution in [0.15, 0.2) is 16.3 Å². The fraction of sp³-hybridized carbons (Fsp3) is 0.474. The summed E-state index contributed by atoms with van der Waals surface area (Å²) in [7, 11) is 0. The summed E-state index contributed by atoms with van der Waals surface area (Å²) in [5, 5.41) is 10.5. The van der Waals surface area contributed by atoms with E-state index in [2.05, 4.69) is 4.99 Å². The first kappa shape index (κ1) is 20.0. The predicted molar refractivity (Wildman–Crippen MR) is 101 cm³/mol. The molecule has 1 heterocycles. The van der Waals surface area contributed by atoms with E-state index in [4.69, 9.17) is 4.74 Å². The minimum absolute atomic E-state index is 0.00671. The molecule has 0 aliphatic heterocycles. The molecule has 140 valence electrons. The van der Waals surface area contributed by atoms with E-state index in [9.17, 15) is 19.5 Å². The van der Waals surface area contributed by atoms with Gasteiger partial charge in [0.15, 0.2) is 11.6 Å². The molecular formula is C19H23NO5S. The minimum Gasteiger partial charge on any atom is -0.511 e. The number of nitrogens with zero attached hydrogens (tertiary/aromatic N) is 1. The molecule has 0 fully saturated rings. The molecule has 0 radical (unpaired) electrons. The monoisotopic (exact) mass is 377 g/mol. The summed E-state index contributed by atoms with van der Waals surface area (Å²) < 4.78 is 5.06. The molecule has 0 spiro atoms. The van der Waals surface area contributed by atoms with E-state index < -0.39 is 5.97 Å². The van der Waals surface area contributed by atoms with Gasteiger partial charge in [-0.15, -0.1) is 11.3 Å². The average molecular weight is 377 g/mol. The van der Waals surface area contributed by atoms with Crippen LogP contribution in [0.25, 0.3) is 0 Å². The van der Waals surface area contributed by atoms with Crippen LogP contribution in [0.4, 0.5) is 5.00 Å². The first-order valence-electron chi connectivity index (χ1n) is 8.38. The lowest BCUT2D eigenvalue weighted by Crippen LogP contribution is -2.26. The van der Waals surface area contributed by atoms with Crippen molar-refractivity contribution in [1.29, 1.82) is 0 Å². The molecule has 0 atom stereocenters. The van der Waals surface area contributed by atoms with Crippen LogP contribution in [0, 0.1) is 12.3 Å². The van der Waals surface area contributed by atoms with Gasteiger partial charge >= 0.3 is 5.97 Å². The van der Waals surface area contributed by atoms with Gasteiger partial charge in [0.25, 0.3) is 0 Å². The number of hydrogen-bond acceptors (Lipinski definition) is 7. The van der Waals surface area contributed by atoms with Crippen molar-refractivity contribution in [3.8, 4) is 0 Å². The molecule has 26 heavy (non-hydrogen) atoms. The van der Waals surface area contributed by atoms with Crippen LogP contribution in [-0.4, -0.2) is 35.5 Å². The van der Waals surface area contributed by atoms with Crippen molar-refractivity contribution in [2.45, 2.75) is 47.5 Å². The molecule has 1 aliphatic rings. The van der Waals surface area contributed by atoms with Gasteiger partial charge in [0, 0.05) is 19.1 Å². The maximum absolute atomic E-state index is 12.3. The van der Waals surface area contributed by atoms with Crippen molar-refractivity contribution in [1.82, 2.24) is 0 Å². The number of aliphatic imine (C=N–C) groups is 1. The summed E-state index contributed by atoms with van der Waals surface area (Å²) in [6.07, 6.45) is 1.98. The average Bonchev–Trinajstić information content (AvgIpc) is 2.82. The molecule has 2 rings (SSSR count). The maximum Gasteiger partial charge on any atom is 0.341 e. The second-order valence-corrected chi connectivity index (χ2v) is 8.07. The Bertz CT molecular complexity index is 829. The second kappa shape index (κ2) is 7.53. The van der Waals surface area contributed by atoms with Crippen molar-refractivity contribution in [3.63, 3.8) is 0 Å². The molecule has 1 N–H and O–H groups in total. The quantitative estimate of drug-likeness (QED) is 0.468. The highest BCUT2D eigenvalue weighted by atomic mass is 32.1. The Morgan fingerprint density at radius 2 is 2.00 bits per heavy atom. The fourth-order valence-electron chi connectivity index (χ4n) is 2.94. The number of ether oxygens (including phenoxy) is 1. The normalized spacial score (nSPS) is 17.0. The number of allylic oxidation sites excluding steroid dienone is 2. The third-order valence-electron chi connectivity index (χ3n) is 4.13. The summed E-state index contributed by atoms with van der Waals surface area (Å²) >= 11 is 1.08. The molecular weight excluding hydrogens is 354 g/mol. The summed E-state index contributed by atoms with van der Waals surface area (Å²) in [5.41, 5.74) is 0.592. The lowest BCUT2D eigenvalue weighted by atomic mass is 9.77. The predicted octanol–water partition coefficient (Wildman–Crippen LogP) is 4.34. The van der Waals surface area contributed by atoms with Crippen molar-refractivity contribution >= 4 is 40.1 Å². The summed E-state index contributed by atoms with van der Waals surface area (Å²) in [6.45, 7) is 8.81. The first-order chi connectivity index (χ1) is 12.1. The standard InChI is InChI=1S/C19H23NO5S/c1-6-25-18(24)15-10(2)16(11(3)21)26-17(15)20-9-12-13(22)7-19(4,5)8-14(12)23/h9,22H,6-8H2,1-5H3. The second-order valence-electron chi connectivity index (χ2n) is 7.07. The van der Waals surface area contributed by atoms with Gasteiger partial charge in [0.2, 0.25) is 0 Å². The molecule has 0 saturated heterocycles. The van der Waals surface area contributed by atoms with E-state index in [-0.39, 0.29) is 40.5 Å². The number of rotatable bonds is 5. The van der Waals surface area contributed by atoms with Gasteiger partial charge in [-0.25, -0.2) is 9.79 Å². The molecule has 0 aromatic carbocycles. The summed E-state index contributed by atoms with van der Waals surface area (Å²) in [4.78, 5) is 41.0. The smallest absolute Gasteiger partial charge is 0.341 e. The Balaban J connectivity index is 2.47. The zero-order valence-corrected chi connectivity index (χ0v) is 16.5.